The Bertz CT molecular complexity index is 1320. The highest BCUT2D eigenvalue weighted by Gasteiger charge is 2.38. The largest absolute Gasteiger partial charge is 0.450 e. The third kappa shape index (κ3) is 4.13. The summed E-state index contributed by atoms with van der Waals surface area (Å²) in [6.07, 6.45) is -2.35. The number of rotatable bonds is 2. The minimum Gasteiger partial charge on any atom is -0.305 e. The van der Waals surface area contributed by atoms with Crippen LogP contribution in [0.15, 0.2) is 52.5 Å². The Morgan fingerprint density at radius 1 is 1.12 bits per heavy atom. The van der Waals surface area contributed by atoms with Crippen LogP contribution in [0.25, 0.3) is 16.9 Å². The van der Waals surface area contributed by atoms with Crippen LogP contribution < -0.4 is 5.32 Å². The van der Waals surface area contributed by atoms with E-state index < -0.39 is 35.1 Å². The lowest BCUT2D eigenvalue weighted by atomic mass is 10.2. The summed E-state index contributed by atoms with van der Waals surface area (Å²) in [6, 6.07) is 7.14. The van der Waals surface area contributed by atoms with Crippen molar-refractivity contribution in [2.75, 3.05) is 6.54 Å². The number of amides is 1. The number of amidine groups is 1. The normalized spacial score (nSPS) is 14.2. The molecule has 0 radical (unpaired) electrons. The molecular weight excluding hydrogens is 433 g/mol. The van der Waals surface area contributed by atoms with Gasteiger partial charge in [0, 0.05) is 6.07 Å². The molecular formula is C21H14F5N5O. The number of hydrogen-bond donors (Lipinski definition) is 1. The number of aliphatic imine (C=N–C) groups is 2. The average molecular weight is 447 g/mol. The van der Waals surface area contributed by atoms with E-state index in [1.54, 1.807) is 13.0 Å². The lowest BCUT2D eigenvalue weighted by Crippen LogP contribution is -2.32. The summed E-state index contributed by atoms with van der Waals surface area (Å²) in [5.41, 5.74) is 0.678. The smallest absolute Gasteiger partial charge is 0.305 e. The molecule has 0 saturated carbocycles. The molecule has 2 aromatic carbocycles. The molecule has 4 rings (SSSR count). The van der Waals surface area contributed by atoms with Crippen molar-refractivity contribution in [3.63, 3.8) is 0 Å². The fraction of sp³-hybridized carbons (Fsp3) is 0.143. The molecule has 11 heteroatoms. The maximum Gasteiger partial charge on any atom is 0.450 e. The van der Waals surface area contributed by atoms with E-state index in [4.69, 9.17) is 0 Å². The molecule has 0 unspecified atom stereocenters. The summed E-state index contributed by atoms with van der Waals surface area (Å²) in [7, 11) is 0. The minimum absolute atomic E-state index is 0.0929. The Morgan fingerprint density at radius 2 is 1.91 bits per heavy atom. The van der Waals surface area contributed by atoms with Gasteiger partial charge < -0.3 is 5.32 Å². The first kappa shape index (κ1) is 21.3. The van der Waals surface area contributed by atoms with Gasteiger partial charge in [-0.15, -0.1) is 0 Å². The minimum atomic E-state index is -4.74. The fourth-order valence-electron chi connectivity index (χ4n) is 3.14. The number of nitrogens with zero attached hydrogens (tertiary/aromatic N) is 4. The van der Waals surface area contributed by atoms with Crippen LogP contribution in [0.2, 0.25) is 0 Å². The van der Waals surface area contributed by atoms with Crippen molar-refractivity contribution in [3.05, 3.63) is 71.1 Å². The zero-order chi connectivity index (χ0) is 23.0. The number of carbonyl (C=O) groups is 1. The van der Waals surface area contributed by atoms with Gasteiger partial charge in [-0.2, -0.15) is 13.2 Å². The predicted molar refractivity (Wildman–Crippen MR) is 108 cm³/mol. The third-order valence-electron chi connectivity index (χ3n) is 4.56. The van der Waals surface area contributed by atoms with Gasteiger partial charge in [0.2, 0.25) is 5.82 Å². The molecule has 1 aromatic heterocycles. The van der Waals surface area contributed by atoms with E-state index in [2.05, 4.69) is 20.3 Å². The van der Waals surface area contributed by atoms with Crippen LogP contribution >= 0.6 is 0 Å². The van der Waals surface area contributed by atoms with Crippen molar-refractivity contribution in [1.29, 1.82) is 0 Å². The van der Waals surface area contributed by atoms with Crippen molar-refractivity contribution < 1.29 is 26.7 Å². The Hall–Kier alpha value is -3.89. The SMILES string of the molecule is Cc1ccc2c(c1)nc(C(F)(F)F)n2C1=CCN=C(NC(=O)c2ccc(F)cc2F)C=N1. The van der Waals surface area contributed by atoms with Crippen LogP contribution in [-0.2, 0) is 6.18 Å². The van der Waals surface area contributed by atoms with E-state index >= 15 is 0 Å². The van der Waals surface area contributed by atoms with E-state index in [1.165, 1.54) is 18.2 Å². The summed E-state index contributed by atoms with van der Waals surface area (Å²) in [5.74, 6) is -4.16. The topological polar surface area (TPSA) is 71.6 Å². The highest BCUT2D eigenvalue weighted by Crippen LogP contribution is 2.34. The molecule has 1 N–H and O–H groups in total. The molecule has 1 amide bonds. The molecule has 3 aromatic rings. The van der Waals surface area contributed by atoms with Gasteiger partial charge >= 0.3 is 6.18 Å². The monoisotopic (exact) mass is 447 g/mol. The van der Waals surface area contributed by atoms with Crippen molar-refractivity contribution >= 4 is 34.8 Å². The number of hydrogen-bond acceptors (Lipinski definition) is 4. The average Bonchev–Trinajstić information content (AvgIpc) is 2.94. The zero-order valence-electron chi connectivity index (χ0n) is 16.4. The van der Waals surface area contributed by atoms with E-state index in [-0.39, 0.29) is 29.2 Å². The Labute approximate surface area is 177 Å². The van der Waals surface area contributed by atoms with E-state index in [0.717, 1.165) is 28.5 Å². The first-order valence-corrected chi connectivity index (χ1v) is 9.25. The maximum atomic E-state index is 13.8. The number of nitrogens with one attached hydrogen (secondary N) is 1. The van der Waals surface area contributed by atoms with Crippen molar-refractivity contribution in [1.82, 2.24) is 14.9 Å². The Balaban J connectivity index is 1.65. The first-order chi connectivity index (χ1) is 15.1. The van der Waals surface area contributed by atoms with Crippen LogP contribution in [0.3, 0.4) is 0 Å². The lowest BCUT2D eigenvalue weighted by molar-refractivity contribution is -0.145. The van der Waals surface area contributed by atoms with Crippen molar-refractivity contribution in [2.45, 2.75) is 13.1 Å². The van der Waals surface area contributed by atoms with Crippen LogP contribution in [0.1, 0.15) is 21.7 Å². The van der Waals surface area contributed by atoms with Gasteiger partial charge in [0.05, 0.1) is 29.4 Å². The van der Waals surface area contributed by atoms with Crippen LogP contribution in [0.5, 0.6) is 0 Å². The number of halogens is 5. The quantitative estimate of drug-likeness (QED) is 0.594. The standard InChI is InChI=1S/C21H14F5N5O/c1-11-2-5-16-15(8-11)29-20(21(24,25)26)31(16)18-6-7-27-17(10-28-18)30-19(32)13-4-3-12(22)9-14(13)23/h2-6,8-10H,7H2,1H3,(H,27,30,32). The third-order valence-corrected chi connectivity index (χ3v) is 4.56. The highest BCUT2D eigenvalue weighted by atomic mass is 19.4. The summed E-state index contributed by atoms with van der Waals surface area (Å²) in [4.78, 5) is 24.0. The molecule has 164 valence electrons. The second-order valence-electron chi connectivity index (χ2n) is 6.89. The summed E-state index contributed by atoms with van der Waals surface area (Å²) >= 11 is 0. The predicted octanol–water partition coefficient (Wildman–Crippen LogP) is 4.35. The summed E-state index contributed by atoms with van der Waals surface area (Å²) in [5, 5.41) is 2.31. The number of benzene rings is 2. The van der Waals surface area contributed by atoms with E-state index in [0.29, 0.717) is 6.07 Å². The number of aromatic nitrogens is 2. The maximum absolute atomic E-state index is 13.8. The highest BCUT2D eigenvalue weighted by molar-refractivity contribution is 6.34. The molecule has 0 saturated heterocycles. The lowest BCUT2D eigenvalue weighted by Gasteiger charge is -2.11. The second-order valence-corrected chi connectivity index (χ2v) is 6.89. The van der Waals surface area contributed by atoms with Gasteiger partial charge in [-0.3, -0.25) is 14.4 Å². The van der Waals surface area contributed by atoms with Gasteiger partial charge in [0.15, 0.2) is 0 Å². The first-order valence-electron chi connectivity index (χ1n) is 9.25. The van der Waals surface area contributed by atoms with Crippen LogP contribution in [-0.4, -0.2) is 34.1 Å². The number of imidazole rings is 1. The Kier molecular flexibility index (Phi) is 5.33. The van der Waals surface area contributed by atoms with Crippen molar-refractivity contribution in [3.8, 4) is 0 Å². The van der Waals surface area contributed by atoms with Gasteiger partial charge in [0.25, 0.3) is 5.91 Å². The number of carbonyl (C=O) groups excluding carboxylic acids is 1. The second kappa shape index (κ2) is 7.98. The van der Waals surface area contributed by atoms with Crippen molar-refractivity contribution in [2.24, 2.45) is 9.98 Å². The Morgan fingerprint density at radius 3 is 2.62 bits per heavy atom. The van der Waals surface area contributed by atoms with E-state index in [9.17, 15) is 26.7 Å². The number of alkyl halides is 3. The molecule has 0 atom stereocenters. The zero-order valence-corrected chi connectivity index (χ0v) is 16.4. The molecule has 0 bridgehead atoms. The van der Waals surface area contributed by atoms with Gasteiger partial charge in [-0.05, 0) is 42.8 Å². The number of aryl methyl sites for hydroxylation is 1. The molecule has 1 aliphatic rings. The molecule has 32 heavy (non-hydrogen) atoms. The van der Waals surface area contributed by atoms with E-state index in [1.807, 2.05) is 0 Å². The molecule has 2 heterocycles. The molecule has 1 aliphatic heterocycles. The summed E-state index contributed by atoms with van der Waals surface area (Å²) in [6.45, 7) is 1.63. The van der Waals surface area contributed by atoms with Crippen LogP contribution in [0.4, 0.5) is 22.0 Å². The number of fused-ring (bicyclic) bond motifs is 1. The van der Waals surface area contributed by atoms with Gasteiger partial charge in [-0.25, -0.2) is 18.8 Å². The van der Waals surface area contributed by atoms with Crippen LogP contribution in [0, 0.1) is 18.6 Å². The van der Waals surface area contributed by atoms with Gasteiger partial charge in [0.1, 0.15) is 23.3 Å². The molecule has 6 nitrogen and oxygen atoms in total. The molecule has 0 aliphatic carbocycles. The molecule has 0 spiro atoms. The van der Waals surface area contributed by atoms with Gasteiger partial charge in [-0.1, -0.05) is 6.07 Å². The molecule has 0 fully saturated rings. The fourth-order valence-corrected chi connectivity index (χ4v) is 3.14. The summed E-state index contributed by atoms with van der Waals surface area (Å²) < 4.78 is 68.6.